The van der Waals surface area contributed by atoms with Gasteiger partial charge in [-0.05, 0) is 36.8 Å². The number of nitrogens with one attached hydrogen (secondary N) is 2. The standard InChI is InChI=1S/C25H33N2O3.Na.H3P/c1-16(2)21-13-10-14-22(17(3)4)23(21)27-24(28)26-15-25(20-11-8-7-9-12-20)29-18(5)19(6)30-25;;/h8-14,16-19H,15H2,1-6H3,(H2,26,27,28);;1H3/q-1;+1;/t18-,19-;;/m1../s1. The molecule has 1 aliphatic rings. The van der Waals surface area contributed by atoms with Crippen molar-refractivity contribution in [2.45, 2.75) is 71.4 Å². The first-order valence-electron chi connectivity index (χ1n) is 10.7. The van der Waals surface area contributed by atoms with E-state index in [1.54, 1.807) is 0 Å². The molecule has 0 radical (unpaired) electrons. The first-order chi connectivity index (χ1) is 14.2. The fourth-order valence-electron chi connectivity index (χ4n) is 3.83. The van der Waals surface area contributed by atoms with Crippen molar-refractivity contribution < 1.29 is 43.8 Å². The Kier molecular flexibility index (Phi) is 11.4. The van der Waals surface area contributed by atoms with Crippen LogP contribution < -0.4 is 40.2 Å². The second-order valence-electron chi connectivity index (χ2n) is 8.62. The van der Waals surface area contributed by atoms with Crippen molar-refractivity contribution in [3.63, 3.8) is 0 Å². The van der Waals surface area contributed by atoms with Gasteiger partial charge in [0.2, 0.25) is 0 Å². The van der Waals surface area contributed by atoms with Gasteiger partial charge in [0.05, 0.1) is 18.8 Å². The van der Waals surface area contributed by atoms with Crippen molar-refractivity contribution in [3.05, 3.63) is 65.2 Å². The fourth-order valence-corrected chi connectivity index (χ4v) is 3.83. The van der Waals surface area contributed by atoms with Crippen LogP contribution in [0.2, 0.25) is 0 Å². The molecule has 3 rings (SSSR count). The minimum absolute atomic E-state index is 0. The van der Waals surface area contributed by atoms with Crippen LogP contribution in [0.3, 0.4) is 0 Å². The molecule has 7 heteroatoms. The molecule has 32 heavy (non-hydrogen) atoms. The van der Waals surface area contributed by atoms with Crippen LogP contribution in [-0.2, 0) is 15.3 Å². The molecular weight excluding hydrogens is 430 g/mol. The molecule has 1 unspecified atom stereocenters. The Bertz CT molecular complexity index is 840. The number of benzene rings is 2. The first kappa shape index (κ1) is 29.1. The molecule has 170 valence electrons. The molecule has 2 aromatic carbocycles. The van der Waals surface area contributed by atoms with Gasteiger partial charge in [0.25, 0.3) is 0 Å². The zero-order valence-corrected chi connectivity index (χ0v) is 23.9. The fraction of sp³-hybridized carbons (Fsp3) is 0.480. The molecule has 5 nitrogen and oxygen atoms in total. The third-order valence-electron chi connectivity index (χ3n) is 5.66. The van der Waals surface area contributed by atoms with E-state index in [9.17, 15) is 4.79 Å². The van der Waals surface area contributed by atoms with Gasteiger partial charge in [-0.2, -0.15) is 40.2 Å². The summed E-state index contributed by atoms with van der Waals surface area (Å²) in [6.45, 7) is 12.7. The maximum absolute atomic E-state index is 12.9. The number of rotatable bonds is 6. The van der Waals surface area contributed by atoms with Crippen molar-refractivity contribution in [2.75, 3.05) is 11.9 Å². The number of amides is 2. The van der Waals surface area contributed by atoms with Crippen LogP contribution in [0, 0.1) is 6.07 Å². The molecular formula is C25H36N2NaO3P. The van der Waals surface area contributed by atoms with Crippen molar-refractivity contribution in [1.29, 1.82) is 0 Å². The second-order valence-corrected chi connectivity index (χ2v) is 8.62. The average Bonchev–Trinajstić information content (AvgIpc) is 3.02. The number of anilines is 1. The van der Waals surface area contributed by atoms with E-state index in [1.165, 1.54) is 0 Å². The van der Waals surface area contributed by atoms with Crippen molar-refractivity contribution >= 4 is 21.6 Å². The maximum atomic E-state index is 12.9. The summed E-state index contributed by atoms with van der Waals surface area (Å²) in [5.41, 5.74) is 4.00. The predicted molar refractivity (Wildman–Crippen MR) is 131 cm³/mol. The summed E-state index contributed by atoms with van der Waals surface area (Å²) in [5, 5.41) is 6.07. The van der Waals surface area contributed by atoms with Gasteiger partial charge in [-0.25, -0.2) is 4.79 Å². The van der Waals surface area contributed by atoms with Gasteiger partial charge in [0.15, 0.2) is 5.79 Å². The zero-order valence-electron chi connectivity index (χ0n) is 20.5. The number of hydrogen-bond acceptors (Lipinski definition) is 3. The van der Waals surface area contributed by atoms with Crippen LogP contribution >= 0.6 is 9.90 Å². The summed E-state index contributed by atoms with van der Waals surface area (Å²) >= 11 is 0. The Morgan fingerprint density at radius 1 is 1.00 bits per heavy atom. The van der Waals surface area contributed by atoms with E-state index < -0.39 is 5.79 Å². The van der Waals surface area contributed by atoms with E-state index in [-0.39, 0.29) is 64.2 Å². The summed E-state index contributed by atoms with van der Waals surface area (Å²) in [5.74, 6) is -0.410. The third-order valence-corrected chi connectivity index (χ3v) is 5.66. The van der Waals surface area contributed by atoms with Gasteiger partial charge in [0, 0.05) is 5.69 Å². The van der Waals surface area contributed by atoms with Crippen LogP contribution in [0.5, 0.6) is 0 Å². The Labute approximate surface area is 218 Å². The summed E-state index contributed by atoms with van der Waals surface area (Å²) in [6.07, 6.45) is -0.151. The van der Waals surface area contributed by atoms with Crippen LogP contribution in [0.4, 0.5) is 10.5 Å². The van der Waals surface area contributed by atoms with E-state index >= 15 is 0 Å². The third kappa shape index (κ3) is 6.56. The number of carbonyl (C=O) groups excluding carboxylic acids is 1. The van der Waals surface area contributed by atoms with Crippen LogP contribution in [0.1, 0.15) is 70.1 Å². The van der Waals surface area contributed by atoms with Crippen molar-refractivity contribution in [1.82, 2.24) is 5.32 Å². The van der Waals surface area contributed by atoms with Crippen LogP contribution in [-0.4, -0.2) is 24.8 Å². The van der Waals surface area contributed by atoms with E-state index in [1.807, 2.05) is 38.1 Å². The molecule has 2 aromatic rings. The minimum Gasteiger partial charge on any atom is -0.340 e. The summed E-state index contributed by atoms with van der Waals surface area (Å²) in [7, 11) is 0. The monoisotopic (exact) mass is 466 g/mol. The quantitative estimate of drug-likeness (QED) is 0.391. The zero-order chi connectivity index (χ0) is 21.9. The van der Waals surface area contributed by atoms with Crippen LogP contribution in [0.15, 0.2) is 42.5 Å². The van der Waals surface area contributed by atoms with Gasteiger partial charge in [-0.15, -0.1) is 0 Å². The molecule has 1 saturated heterocycles. The molecule has 2 N–H and O–H groups in total. The molecule has 3 atom stereocenters. The Hall–Kier alpha value is -0.940. The number of para-hydroxylation sites is 1. The normalized spacial score (nSPS) is 19.2. The smallest absolute Gasteiger partial charge is 0.340 e. The Balaban J connectivity index is 0.00000256. The SMILES string of the molecule is CC(C)c1cccc(C(C)C)c1NC(=O)NCC1(c2cc[c-]cc2)O[C@H](C)[C@@H](C)O1.P.[Na+]. The van der Waals surface area contributed by atoms with Gasteiger partial charge >= 0.3 is 35.6 Å². The molecule has 1 fully saturated rings. The molecule has 2 amide bonds. The Morgan fingerprint density at radius 3 is 1.97 bits per heavy atom. The summed E-state index contributed by atoms with van der Waals surface area (Å²) in [4.78, 5) is 12.9. The van der Waals surface area contributed by atoms with Crippen LogP contribution in [0.25, 0.3) is 0 Å². The van der Waals surface area contributed by atoms with Gasteiger partial charge in [-0.1, -0.05) is 51.5 Å². The van der Waals surface area contributed by atoms with Crippen molar-refractivity contribution in [3.8, 4) is 0 Å². The molecule has 0 bridgehead atoms. The van der Waals surface area contributed by atoms with Gasteiger partial charge < -0.3 is 20.1 Å². The molecule has 0 saturated carbocycles. The predicted octanol–water partition coefficient (Wildman–Crippen LogP) is 2.59. The number of carbonyl (C=O) groups is 1. The van der Waals surface area contributed by atoms with Gasteiger partial charge in [0.1, 0.15) is 0 Å². The number of ether oxygens (including phenoxy) is 2. The van der Waals surface area contributed by atoms with E-state index in [0.717, 1.165) is 22.4 Å². The topological polar surface area (TPSA) is 59.6 Å². The Morgan fingerprint density at radius 2 is 1.50 bits per heavy atom. The summed E-state index contributed by atoms with van der Waals surface area (Å²) in [6, 6.07) is 16.4. The second kappa shape index (κ2) is 12.5. The average molecular weight is 467 g/mol. The largest absolute Gasteiger partial charge is 1.00 e. The van der Waals surface area contributed by atoms with E-state index in [4.69, 9.17) is 9.47 Å². The first-order valence-corrected chi connectivity index (χ1v) is 10.7. The van der Waals surface area contributed by atoms with E-state index in [2.05, 4.69) is 62.6 Å². The number of urea groups is 1. The molecule has 0 aliphatic carbocycles. The van der Waals surface area contributed by atoms with Gasteiger partial charge in [-0.3, -0.25) is 0 Å². The maximum Gasteiger partial charge on any atom is 1.00 e. The molecule has 0 aromatic heterocycles. The number of hydrogen-bond donors (Lipinski definition) is 2. The summed E-state index contributed by atoms with van der Waals surface area (Å²) < 4.78 is 12.4. The van der Waals surface area contributed by atoms with Crippen molar-refractivity contribution in [2.24, 2.45) is 0 Å². The van der Waals surface area contributed by atoms with E-state index in [0.29, 0.717) is 11.8 Å². The minimum atomic E-state index is -1.01. The molecule has 1 aliphatic heterocycles. The molecule has 1 heterocycles. The molecule has 0 spiro atoms.